The van der Waals surface area contributed by atoms with Crippen LogP contribution < -0.4 is 9.64 Å². The van der Waals surface area contributed by atoms with E-state index in [-0.39, 0.29) is 6.42 Å². The van der Waals surface area contributed by atoms with Crippen LogP contribution >= 0.6 is 0 Å². The van der Waals surface area contributed by atoms with Crippen LogP contribution in [0.2, 0.25) is 0 Å². The minimum absolute atomic E-state index is 0.0295. The molecule has 3 atom stereocenters. The van der Waals surface area contributed by atoms with Crippen molar-refractivity contribution >= 4 is 17.6 Å². The van der Waals surface area contributed by atoms with Gasteiger partial charge in [0.1, 0.15) is 5.75 Å². The number of methoxy groups -OCH3 is 3. The van der Waals surface area contributed by atoms with E-state index in [2.05, 4.69) is 0 Å². The van der Waals surface area contributed by atoms with Crippen LogP contribution in [0.4, 0.5) is 5.69 Å². The topological polar surface area (TPSA) is 65.1 Å². The van der Waals surface area contributed by atoms with Crippen LogP contribution in [0.25, 0.3) is 0 Å². The van der Waals surface area contributed by atoms with E-state index >= 15 is 0 Å². The van der Waals surface area contributed by atoms with Crippen molar-refractivity contribution < 1.29 is 23.8 Å². The Morgan fingerprint density at radius 1 is 0.800 bits per heavy atom. The molecule has 0 aliphatic carbocycles. The van der Waals surface area contributed by atoms with E-state index in [1.54, 1.807) is 7.11 Å². The molecule has 0 saturated heterocycles. The summed E-state index contributed by atoms with van der Waals surface area (Å²) >= 11 is 0. The SMILES string of the molecule is COC(=O)CC(c1ccccc1)C(C(=O)OC)C(c1ccccc1)c1ccc(N(C)C)cc1OC. The zero-order chi connectivity index (χ0) is 25.4. The van der Waals surface area contributed by atoms with Gasteiger partial charge in [0.25, 0.3) is 0 Å². The fourth-order valence-corrected chi connectivity index (χ4v) is 4.56. The van der Waals surface area contributed by atoms with E-state index in [1.807, 2.05) is 97.9 Å². The Bertz CT molecular complexity index is 1110. The molecule has 0 aliphatic rings. The molecule has 0 aliphatic heterocycles. The summed E-state index contributed by atoms with van der Waals surface area (Å²) < 4.78 is 16.2. The Hall–Kier alpha value is -3.80. The lowest BCUT2D eigenvalue weighted by Gasteiger charge is -2.33. The largest absolute Gasteiger partial charge is 0.496 e. The third-order valence-electron chi connectivity index (χ3n) is 6.34. The van der Waals surface area contributed by atoms with Crippen molar-refractivity contribution in [2.45, 2.75) is 18.3 Å². The van der Waals surface area contributed by atoms with E-state index in [9.17, 15) is 9.59 Å². The molecule has 0 fully saturated rings. The number of ether oxygens (including phenoxy) is 3. The van der Waals surface area contributed by atoms with Gasteiger partial charge >= 0.3 is 11.9 Å². The summed E-state index contributed by atoms with van der Waals surface area (Å²) in [4.78, 5) is 28.1. The van der Waals surface area contributed by atoms with Gasteiger partial charge in [0.15, 0.2) is 0 Å². The molecule has 3 aromatic carbocycles. The van der Waals surface area contributed by atoms with Crippen LogP contribution in [0.15, 0.2) is 78.9 Å². The molecular formula is C29H33NO5. The molecule has 6 nitrogen and oxygen atoms in total. The van der Waals surface area contributed by atoms with Crippen LogP contribution in [0, 0.1) is 5.92 Å². The second-order valence-corrected chi connectivity index (χ2v) is 8.56. The molecule has 6 heteroatoms. The van der Waals surface area contributed by atoms with Crippen molar-refractivity contribution in [3.63, 3.8) is 0 Å². The van der Waals surface area contributed by atoms with Crippen molar-refractivity contribution in [3.05, 3.63) is 95.6 Å². The van der Waals surface area contributed by atoms with Crippen LogP contribution in [-0.2, 0) is 19.1 Å². The Morgan fingerprint density at radius 3 is 1.91 bits per heavy atom. The third-order valence-corrected chi connectivity index (χ3v) is 6.34. The van der Waals surface area contributed by atoms with Gasteiger partial charge in [-0.1, -0.05) is 66.7 Å². The van der Waals surface area contributed by atoms with Crippen LogP contribution in [0.1, 0.15) is 34.9 Å². The van der Waals surface area contributed by atoms with Crippen molar-refractivity contribution in [2.24, 2.45) is 5.92 Å². The van der Waals surface area contributed by atoms with Gasteiger partial charge in [-0.15, -0.1) is 0 Å². The number of hydrogen-bond acceptors (Lipinski definition) is 6. The molecule has 0 radical (unpaired) electrons. The van der Waals surface area contributed by atoms with E-state index < -0.39 is 29.7 Å². The first-order valence-corrected chi connectivity index (χ1v) is 11.5. The normalized spacial score (nSPS) is 13.3. The molecule has 0 N–H and O–H groups in total. The Balaban J connectivity index is 2.28. The number of nitrogens with zero attached hydrogens (tertiary/aromatic N) is 1. The summed E-state index contributed by atoms with van der Waals surface area (Å²) in [7, 11) is 8.28. The zero-order valence-electron chi connectivity index (χ0n) is 20.9. The molecule has 35 heavy (non-hydrogen) atoms. The van der Waals surface area contributed by atoms with Gasteiger partial charge in [-0.3, -0.25) is 9.59 Å². The molecule has 3 rings (SSSR count). The molecular weight excluding hydrogens is 442 g/mol. The number of esters is 2. The number of benzene rings is 3. The zero-order valence-corrected chi connectivity index (χ0v) is 20.9. The standard InChI is InChI=1S/C29H33NO5/c1-30(2)22-16-17-23(25(18-22)33-3)27(21-14-10-7-11-15-21)28(29(32)35-5)24(19-26(31)34-4)20-12-8-6-9-13-20/h6-18,24,27-28H,19H2,1-5H3. The summed E-state index contributed by atoms with van der Waals surface area (Å²) in [6, 6.07) is 25.3. The maximum atomic E-state index is 13.5. The van der Waals surface area contributed by atoms with Gasteiger partial charge in [0, 0.05) is 43.2 Å². The maximum absolute atomic E-state index is 13.5. The summed E-state index contributed by atoms with van der Waals surface area (Å²) in [6.45, 7) is 0. The summed E-state index contributed by atoms with van der Waals surface area (Å²) in [5.41, 5.74) is 3.59. The molecule has 0 aromatic heterocycles. The van der Waals surface area contributed by atoms with Crippen LogP contribution in [0.5, 0.6) is 5.75 Å². The first kappa shape index (κ1) is 25.8. The summed E-state index contributed by atoms with van der Waals surface area (Å²) in [6.07, 6.45) is 0.0295. The Morgan fingerprint density at radius 2 is 1.40 bits per heavy atom. The second kappa shape index (κ2) is 12.1. The lowest BCUT2D eigenvalue weighted by molar-refractivity contribution is -0.148. The highest BCUT2D eigenvalue weighted by molar-refractivity contribution is 5.79. The van der Waals surface area contributed by atoms with E-state index in [1.165, 1.54) is 14.2 Å². The Labute approximate surface area is 207 Å². The van der Waals surface area contributed by atoms with E-state index in [4.69, 9.17) is 14.2 Å². The monoisotopic (exact) mass is 475 g/mol. The summed E-state index contributed by atoms with van der Waals surface area (Å²) in [5, 5.41) is 0. The number of carbonyl (C=O) groups excluding carboxylic acids is 2. The number of carbonyl (C=O) groups is 2. The van der Waals surface area contributed by atoms with Crippen molar-refractivity contribution in [1.29, 1.82) is 0 Å². The molecule has 0 amide bonds. The van der Waals surface area contributed by atoms with Crippen LogP contribution in [-0.4, -0.2) is 47.4 Å². The lowest BCUT2D eigenvalue weighted by Crippen LogP contribution is -2.32. The predicted molar refractivity (Wildman–Crippen MR) is 137 cm³/mol. The minimum atomic E-state index is -0.719. The molecule has 3 unspecified atom stereocenters. The van der Waals surface area contributed by atoms with Gasteiger partial charge in [-0.2, -0.15) is 0 Å². The predicted octanol–water partition coefficient (Wildman–Crippen LogP) is 5.03. The number of rotatable bonds is 10. The molecule has 3 aromatic rings. The fourth-order valence-electron chi connectivity index (χ4n) is 4.56. The first-order chi connectivity index (χ1) is 16.9. The third kappa shape index (κ3) is 6.01. The second-order valence-electron chi connectivity index (χ2n) is 8.56. The van der Waals surface area contributed by atoms with Crippen molar-refractivity contribution in [1.82, 2.24) is 0 Å². The van der Waals surface area contributed by atoms with Crippen molar-refractivity contribution in [2.75, 3.05) is 40.3 Å². The molecule has 184 valence electrons. The van der Waals surface area contributed by atoms with Crippen LogP contribution in [0.3, 0.4) is 0 Å². The quantitative estimate of drug-likeness (QED) is 0.383. The van der Waals surface area contributed by atoms with Gasteiger partial charge in [0.2, 0.25) is 0 Å². The first-order valence-electron chi connectivity index (χ1n) is 11.5. The fraction of sp³-hybridized carbons (Fsp3) is 0.310. The van der Waals surface area contributed by atoms with Gasteiger partial charge in [-0.05, 0) is 17.2 Å². The minimum Gasteiger partial charge on any atom is -0.496 e. The highest BCUT2D eigenvalue weighted by Gasteiger charge is 2.41. The van der Waals surface area contributed by atoms with E-state index in [0.717, 1.165) is 22.4 Å². The molecule has 0 saturated carbocycles. The highest BCUT2D eigenvalue weighted by Crippen LogP contribution is 2.46. The average Bonchev–Trinajstić information content (AvgIpc) is 2.90. The van der Waals surface area contributed by atoms with Gasteiger partial charge in [-0.25, -0.2) is 0 Å². The lowest BCUT2D eigenvalue weighted by atomic mass is 9.70. The van der Waals surface area contributed by atoms with Gasteiger partial charge < -0.3 is 19.1 Å². The van der Waals surface area contributed by atoms with Gasteiger partial charge in [0.05, 0.1) is 33.7 Å². The Kier molecular flexibility index (Phi) is 8.90. The average molecular weight is 476 g/mol. The highest BCUT2D eigenvalue weighted by atomic mass is 16.5. The summed E-state index contributed by atoms with van der Waals surface area (Å²) in [5.74, 6) is -1.79. The smallest absolute Gasteiger partial charge is 0.310 e. The number of hydrogen-bond donors (Lipinski definition) is 0. The molecule has 0 bridgehead atoms. The van der Waals surface area contributed by atoms with Crippen molar-refractivity contribution in [3.8, 4) is 5.75 Å². The maximum Gasteiger partial charge on any atom is 0.310 e. The number of anilines is 1. The molecule has 0 heterocycles. The van der Waals surface area contributed by atoms with E-state index in [0.29, 0.717) is 5.75 Å². The molecule has 0 spiro atoms.